The zero-order valence-electron chi connectivity index (χ0n) is 19.6. The molecular weight excluding hydrogens is 402 g/mol. The number of benzene rings is 1. The van der Waals surface area contributed by atoms with E-state index in [1.54, 1.807) is 0 Å². The van der Waals surface area contributed by atoms with Gasteiger partial charge in [-0.3, -0.25) is 9.59 Å². The summed E-state index contributed by atoms with van der Waals surface area (Å²) in [5.74, 6) is 1.84. The van der Waals surface area contributed by atoms with E-state index in [-0.39, 0.29) is 23.7 Å². The molecule has 0 bridgehead atoms. The summed E-state index contributed by atoms with van der Waals surface area (Å²) in [5.41, 5.74) is 3.26. The van der Waals surface area contributed by atoms with Crippen LogP contribution in [0.5, 0.6) is 0 Å². The number of furan rings is 1. The van der Waals surface area contributed by atoms with Gasteiger partial charge in [0, 0.05) is 24.2 Å². The Morgan fingerprint density at radius 1 is 1.22 bits per heavy atom. The summed E-state index contributed by atoms with van der Waals surface area (Å²) in [6.07, 6.45) is 1.22. The largest absolute Gasteiger partial charge is 0.464 e. The number of nitrogens with zero attached hydrogens (tertiary/aromatic N) is 1. The van der Waals surface area contributed by atoms with Crippen molar-refractivity contribution >= 4 is 23.1 Å². The number of hydrogen-bond donors (Lipinski definition) is 2. The monoisotopic (exact) mass is 435 g/mol. The molecule has 32 heavy (non-hydrogen) atoms. The van der Waals surface area contributed by atoms with Crippen LogP contribution in [-0.2, 0) is 9.59 Å². The zero-order chi connectivity index (χ0) is 23.0. The molecule has 1 atom stereocenters. The molecule has 2 heterocycles. The lowest BCUT2D eigenvalue weighted by Crippen LogP contribution is -2.42. The highest BCUT2D eigenvalue weighted by atomic mass is 16.3. The number of Topliss-reactive ketones (excluding diaryl/α,β-unsaturated/α-hetero) is 1. The van der Waals surface area contributed by atoms with Gasteiger partial charge in [-0.2, -0.15) is 0 Å². The minimum Gasteiger partial charge on any atom is -0.464 e. The highest BCUT2D eigenvalue weighted by molar-refractivity contribution is 6.01. The molecule has 1 amide bonds. The molecule has 0 saturated heterocycles. The van der Waals surface area contributed by atoms with Crippen LogP contribution in [0.15, 0.2) is 52.1 Å². The molecule has 1 aliphatic heterocycles. The van der Waals surface area contributed by atoms with Crippen molar-refractivity contribution in [1.29, 1.82) is 0 Å². The minimum absolute atomic E-state index is 0.0746. The fourth-order valence-corrected chi connectivity index (χ4v) is 4.65. The van der Waals surface area contributed by atoms with Gasteiger partial charge < -0.3 is 20.0 Å². The lowest BCUT2D eigenvalue weighted by Gasteiger charge is -2.36. The van der Waals surface area contributed by atoms with Crippen molar-refractivity contribution in [3.63, 3.8) is 0 Å². The molecule has 1 aliphatic carbocycles. The van der Waals surface area contributed by atoms with Crippen LogP contribution >= 0.6 is 0 Å². The lowest BCUT2D eigenvalue weighted by atomic mass is 9.74. The quantitative estimate of drug-likeness (QED) is 0.693. The molecule has 1 aromatic carbocycles. The summed E-state index contributed by atoms with van der Waals surface area (Å²) in [6.45, 7) is 11.0. The Labute approximate surface area is 190 Å². The van der Waals surface area contributed by atoms with Crippen molar-refractivity contribution in [2.75, 3.05) is 23.3 Å². The third-order valence-corrected chi connectivity index (χ3v) is 6.06. The van der Waals surface area contributed by atoms with Crippen molar-refractivity contribution in [3.8, 4) is 0 Å². The number of allylic oxidation sites excluding steroid dienone is 1. The number of ketones is 1. The van der Waals surface area contributed by atoms with Crippen LogP contribution in [0.2, 0.25) is 0 Å². The van der Waals surface area contributed by atoms with E-state index in [1.165, 1.54) is 0 Å². The van der Waals surface area contributed by atoms with Gasteiger partial charge >= 0.3 is 0 Å². The SMILES string of the molecule is Cc1ccc(C2C3=C(CC(C)(C)CC3=O)Nc3ccccc3N2CC(=O)NCC(C)C)o1. The van der Waals surface area contributed by atoms with Crippen LogP contribution in [0.3, 0.4) is 0 Å². The van der Waals surface area contributed by atoms with Gasteiger partial charge in [-0.05, 0) is 48.9 Å². The number of rotatable bonds is 5. The van der Waals surface area contributed by atoms with Crippen molar-refractivity contribution in [1.82, 2.24) is 5.32 Å². The Morgan fingerprint density at radius 2 is 1.97 bits per heavy atom. The maximum absolute atomic E-state index is 13.5. The summed E-state index contributed by atoms with van der Waals surface area (Å²) in [5, 5.41) is 6.57. The summed E-state index contributed by atoms with van der Waals surface area (Å²) in [4.78, 5) is 28.5. The van der Waals surface area contributed by atoms with Crippen LogP contribution in [0.4, 0.5) is 11.4 Å². The molecule has 6 nitrogen and oxygen atoms in total. The Morgan fingerprint density at radius 3 is 2.66 bits per heavy atom. The Hall–Kier alpha value is -3.02. The van der Waals surface area contributed by atoms with Gasteiger partial charge in [-0.15, -0.1) is 0 Å². The molecule has 1 unspecified atom stereocenters. The summed E-state index contributed by atoms with van der Waals surface area (Å²) in [7, 11) is 0. The maximum atomic E-state index is 13.5. The molecule has 1 aromatic heterocycles. The summed E-state index contributed by atoms with van der Waals surface area (Å²) in [6, 6.07) is 11.3. The summed E-state index contributed by atoms with van der Waals surface area (Å²) < 4.78 is 6.07. The predicted molar refractivity (Wildman–Crippen MR) is 126 cm³/mol. The Bertz CT molecular complexity index is 1060. The van der Waals surface area contributed by atoms with E-state index in [4.69, 9.17) is 4.42 Å². The normalized spacial score (nSPS) is 19.9. The molecule has 0 radical (unpaired) electrons. The second-order valence-corrected chi connectivity index (χ2v) is 10.2. The molecule has 2 aliphatic rings. The highest BCUT2D eigenvalue weighted by Gasteiger charge is 2.43. The number of carbonyl (C=O) groups excluding carboxylic acids is 2. The number of nitrogens with one attached hydrogen (secondary N) is 2. The third-order valence-electron chi connectivity index (χ3n) is 6.06. The average molecular weight is 436 g/mol. The molecule has 6 heteroatoms. The number of para-hydroxylation sites is 2. The molecule has 2 aromatic rings. The molecular formula is C26H33N3O3. The van der Waals surface area contributed by atoms with Gasteiger partial charge in [0.1, 0.15) is 17.6 Å². The van der Waals surface area contributed by atoms with Gasteiger partial charge in [0.05, 0.1) is 17.9 Å². The number of carbonyl (C=O) groups is 2. The Kier molecular flexibility index (Phi) is 5.89. The van der Waals surface area contributed by atoms with Crippen molar-refractivity contribution in [2.45, 2.75) is 53.5 Å². The lowest BCUT2D eigenvalue weighted by molar-refractivity contribution is -0.121. The van der Waals surface area contributed by atoms with Crippen molar-refractivity contribution in [2.24, 2.45) is 11.3 Å². The molecule has 0 saturated carbocycles. The van der Waals surface area contributed by atoms with Crippen molar-refractivity contribution < 1.29 is 14.0 Å². The van der Waals surface area contributed by atoms with E-state index in [2.05, 4.69) is 38.3 Å². The second kappa shape index (κ2) is 8.49. The minimum atomic E-state index is -0.469. The van der Waals surface area contributed by atoms with Gasteiger partial charge in [-0.25, -0.2) is 0 Å². The topological polar surface area (TPSA) is 74.6 Å². The smallest absolute Gasteiger partial charge is 0.239 e. The predicted octanol–water partition coefficient (Wildman–Crippen LogP) is 4.98. The van der Waals surface area contributed by atoms with E-state index in [9.17, 15) is 9.59 Å². The number of amides is 1. The fraction of sp³-hybridized carbons (Fsp3) is 0.462. The van der Waals surface area contributed by atoms with E-state index in [1.807, 2.05) is 48.2 Å². The first-order chi connectivity index (χ1) is 15.1. The van der Waals surface area contributed by atoms with E-state index in [0.29, 0.717) is 30.2 Å². The number of aryl methyl sites for hydroxylation is 1. The number of fused-ring (bicyclic) bond motifs is 1. The van der Waals surface area contributed by atoms with Crippen LogP contribution in [0.1, 0.15) is 58.1 Å². The number of hydrogen-bond acceptors (Lipinski definition) is 5. The fourth-order valence-electron chi connectivity index (χ4n) is 4.65. The summed E-state index contributed by atoms with van der Waals surface area (Å²) >= 11 is 0. The average Bonchev–Trinajstić information content (AvgIpc) is 3.07. The van der Waals surface area contributed by atoms with Gasteiger partial charge in [0.2, 0.25) is 5.91 Å². The van der Waals surface area contributed by atoms with Crippen LogP contribution in [-0.4, -0.2) is 24.8 Å². The second-order valence-electron chi connectivity index (χ2n) is 10.2. The highest BCUT2D eigenvalue weighted by Crippen LogP contribution is 2.48. The number of anilines is 2. The van der Waals surface area contributed by atoms with Gasteiger partial charge in [0.15, 0.2) is 5.78 Å². The van der Waals surface area contributed by atoms with E-state index >= 15 is 0 Å². The first kappa shape index (κ1) is 22.2. The Balaban J connectivity index is 1.85. The van der Waals surface area contributed by atoms with Crippen molar-refractivity contribution in [3.05, 3.63) is 59.2 Å². The van der Waals surface area contributed by atoms with Gasteiger partial charge in [0.25, 0.3) is 0 Å². The molecule has 170 valence electrons. The third kappa shape index (κ3) is 4.45. The molecule has 0 spiro atoms. The standard InChI is InChI=1S/C26H33N3O3/c1-16(2)14-27-23(31)15-29-20-9-7-6-8-18(20)28-19-12-26(4,5)13-21(30)24(19)25(29)22-11-10-17(3)32-22/h6-11,16,25,28H,12-15H2,1-5H3,(H,27,31). The maximum Gasteiger partial charge on any atom is 0.239 e. The molecule has 4 rings (SSSR count). The molecule has 2 N–H and O–H groups in total. The molecule has 0 fully saturated rings. The van der Waals surface area contributed by atoms with Crippen LogP contribution < -0.4 is 15.5 Å². The first-order valence-corrected chi connectivity index (χ1v) is 11.4. The van der Waals surface area contributed by atoms with E-state index < -0.39 is 6.04 Å². The van der Waals surface area contributed by atoms with Crippen LogP contribution in [0, 0.1) is 18.3 Å². The first-order valence-electron chi connectivity index (χ1n) is 11.4. The van der Waals surface area contributed by atoms with E-state index in [0.717, 1.165) is 29.3 Å². The van der Waals surface area contributed by atoms with Gasteiger partial charge in [-0.1, -0.05) is 39.8 Å². The van der Waals surface area contributed by atoms with Crippen LogP contribution in [0.25, 0.3) is 0 Å². The zero-order valence-corrected chi connectivity index (χ0v) is 19.6.